The highest BCUT2D eigenvalue weighted by Gasteiger charge is 2.19. The second-order valence-corrected chi connectivity index (χ2v) is 7.74. The standard InChI is InChI=1S/C22H21N7O/c23-22-21-16(8-20(30-21)13-1-2-18-19(7-13)27-12-26-18)17(10-25-22)14-9-28-29(11-14)15-3-5-24-6-4-15/h1-2,7-12,15,24H,3-6H2,(H2,23,25)(H,26,27). The fourth-order valence-corrected chi connectivity index (χ4v) is 4.25. The van der Waals surface area contributed by atoms with E-state index in [4.69, 9.17) is 10.2 Å². The Balaban J connectivity index is 1.44. The maximum Gasteiger partial charge on any atom is 0.177 e. The van der Waals surface area contributed by atoms with E-state index in [-0.39, 0.29) is 0 Å². The predicted octanol–water partition coefficient (Wildman–Crippen LogP) is 3.74. The lowest BCUT2D eigenvalue weighted by Crippen LogP contribution is -2.29. The van der Waals surface area contributed by atoms with Gasteiger partial charge in [0.05, 0.1) is 29.6 Å². The minimum absolute atomic E-state index is 0.383. The summed E-state index contributed by atoms with van der Waals surface area (Å²) >= 11 is 0. The second-order valence-electron chi connectivity index (χ2n) is 7.74. The van der Waals surface area contributed by atoms with Crippen molar-refractivity contribution in [2.75, 3.05) is 18.8 Å². The van der Waals surface area contributed by atoms with Gasteiger partial charge in [-0.3, -0.25) is 4.68 Å². The van der Waals surface area contributed by atoms with Gasteiger partial charge in [0.15, 0.2) is 11.4 Å². The Bertz CT molecular complexity index is 1360. The first-order chi connectivity index (χ1) is 14.8. The lowest BCUT2D eigenvalue weighted by atomic mass is 10.1. The van der Waals surface area contributed by atoms with E-state index in [1.807, 2.05) is 30.5 Å². The number of H-pyrrole nitrogens is 1. The summed E-state index contributed by atoms with van der Waals surface area (Å²) in [6.45, 7) is 2.05. The fraction of sp³-hybridized carbons (Fsp3) is 0.227. The summed E-state index contributed by atoms with van der Waals surface area (Å²) in [7, 11) is 0. The zero-order chi connectivity index (χ0) is 20.1. The summed E-state index contributed by atoms with van der Waals surface area (Å²) < 4.78 is 8.21. The molecule has 6 rings (SSSR count). The first kappa shape index (κ1) is 17.2. The van der Waals surface area contributed by atoms with Crippen LogP contribution in [0.1, 0.15) is 18.9 Å². The largest absolute Gasteiger partial charge is 0.452 e. The van der Waals surface area contributed by atoms with Crippen LogP contribution < -0.4 is 11.1 Å². The number of rotatable bonds is 3. The Hall–Kier alpha value is -3.65. The average molecular weight is 399 g/mol. The SMILES string of the molecule is Nc1ncc(-c2cnn(C3CCNCC3)c2)c2cc(-c3ccc4nc[nH]c4c3)oc12. The smallest absolute Gasteiger partial charge is 0.177 e. The third-order valence-electron chi connectivity index (χ3n) is 5.89. The minimum atomic E-state index is 0.383. The van der Waals surface area contributed by atoms with Gasteiger partial charge < -0.3 is 20.5 Å². The number of nitrogens with zero attached hydrogens (tertiary/aromatic N) is 4. The van der Waals surface area contributed by atoms with Crippen molar-refractivity contribution in [2.45, 2.75) is 18.9 Å². The van der Waals surface area contributed by atoms with E-state index < -0.39 is 0 Å². The zero-order valence-electron chi connectivity index (χ0n) is 16.3. The molecule has 5 aromatic rings. The molecule has 1 aromatic carbocycles. The summed E-state index contributed by atoms with van der Waals surface area (Å²) in [4.78, 5) is 11.8. The topological polar surface area (TPSA) is 111 Å². The van der Waals surface area contributed by atoms with Gasteiger partial charge in [0.1, 0.15) is 5.76 Å². The van der Waals surface area contributed by atoms with E-state index in [0.717, 1.165) is 64.8 Å². The number of furan rings is 1. The van der Waals surface area contributed by atoms with Gasteiger partial charge in [0, 0.05) is 34.5 Å². The molecule has 30 heavy (non-hydrogen) atoms. The molecule has 0 unspecified atom stereocenters. The van der Waals surface area contributed by atoms with Crippen molar-refractivity contribution in [3.63, 3.8) is 0 Å². The third-order valence-corrected chi connectivity index (χ3v) is 5.89. The van der Waals surface area contributed by atoms with Crippen LogP contribution in [0.25, 0.3) is 44.5 Å². The number of aromatic amines is 1. The van der Waals surface area contributed by atoms with Gasteiger partial charge in [-0.25, -0.2) is 9.97 Å². The van der Waals surface area contributed by atoms with Crippen LogP contribution in [0.15, 0.2) is 53.6 Å². The Morgan fingerprint density at radius 2 is 1.97 bits per heavy atom. The molecule has 1 aliphatic rings. The Labute approximate surface area is 172 Å². The van der Waals surface area contributed by atoms with E-state index >= 15 is 0 Å². The molecular weight excluding hydrogens is 378 g/mol. The Kier molecular flexibility index (Phi) is 3.85. The van der Waals surface area contributed by atoms with E-state index in [0.29, 0.717) is 17.4 Å². The highest BCUT2D eigenvalue weighted by Crippen LogP contribution is 2.37. The van der Waals surface area contributed by atoms with Crippen LogP contribution in [0.5, 0.6) is 0 Å². The number of nitrogens with two attached hydrogens (primary N) is 1. The van der Waals surface area contributed by atoms with Crippen molar-refractivity contribution < 1.29 is 4.42 Å². The van der Waals surface area contributed by atoms with Gasteiger partial charge >= 0.3 is 0 Å². The normalized spacial score (nSPS) is 15.3. The average Bonchev–Trinajstić information content (AvgIpc) is 3.53. The molecule has 4 aromatic heterocycles. The number of nitrogen functional groups attached to an aromatic ring is 1. The number of hydrogen-bond donors (Lipinski definition) is 3. The van der Waals surface area contributed by atoms with Gasteiger partial charge in [0.25, 0.3) is 0 Å². The maximum absolute atomic E-state index is 6.14. The lowest BCUT2D eigenvalue weighted by molar-refractivity contribution is 0.343. The molecule has 1 fully saturated rings. The fourth-order valence-electron chi connectivity index (χ4n) is 4.25. The molecule has 0 spiro atoms. The predicted molar refractivity (Wildman–Crippen MR) is 116 cm³/mol. The molecule has 1 saturated heterocycles. The summed E-state index contributed by atoms with van der Waals surface area (Å²) in [5.41, 5.74) is 11.6. The molecule has 0 aliphatic carbocycles. The number of benzene rings is 1. The number of pyridine rings is 1. The molecule has 0 radical (unpaired) electrons. The number of anilines is 1. The van der Waals surface area contributed by atoms with E-state index in [2.05, 4.69) is 36.2 Å². The molecule has 150 valence electrons. The van der Waals surface area contributed by atoms with Crippen LogP contribution in [0.3, 0.4) is 0 Å². The molecule has 0 atom stereocenters. The van der Waals surface area contributed by atoms with Crippen molar-refractivity contribution in [1.82, 2.24) is 30.0 Å². The molecule has 4 N–H and O–H groups in total. The van der Waals surface area contributed by atoms with Gasteiger partial charge in [-0.1, -0.05) is 0 Å². The monoisotopic (exact) mass is 399 g/mol. The van der Waals surface area contributed by atoms with E-state index in [1.165, 1.54) is 0 Å². The Morgan fingerprint density at radius 1 is 1.07 bits per heavy atom. The highest BCUT2D eigenvalue weighted by molar-refractivity contribution is 6.00. The number of imidazole rings is 1. The van der Waals surface area contributed by atoms with Crippen LogP contribution in [0, 0.1) is 0 Å². The molecule has 8 heteroatoms. The van der Waals surface area contributed by atoms with Gasteiger partial charge in [-0.2, -0.15) is 5.10 Å². The van der Waals surface area contributed by atoms with Gasteiger partial charge in [0.2, 0.25) is 0 Å². The van der Waals surface area contributed by atoms with Gasteiger partial charge in [-0.15, -0.1) is 0 Å². The highest BCUT2D eigenvalue weighted by atomic mass is 16.3. The number of nitrogens with one attached hydrogen (secondary N) is 2. The summed E-state index contributed by atoms with van der Waals surface area (Å²) in [6, 6.07) is 8.46. The summed E-state index contributed by atoms with van der Waals surface area (Å²) in [5, 5.41) is 8.96. The van der Waals surface area contributed by atoms with Crippen LogP contribution in [0.2, 0.25) is 0 Å². The van der Waals surface area contributed by atoms with Gasteiger partial charge in [-0.05, 0) is 50.2 Å². The molecule has 1 aliphatic heterocycles. The van der Waals surface area contributed by atoms with Crippen molar-refractivity contribution in [1.29, 1.82) is 0 Å². The van der Waals surface area contributed by atoms with E-state index in [1.54, 1.807) is 12.5 Å². The molecule has 0 saturated carbocycles. The lowest BCUT2D eigenvalue weighted by Gasteiger charge is -2.22. The van der Waals surface area contributed by atoms with Crippen LogP contribution in [-0.2, 0) is 0 Å². The first-order valence-corrected chi connectivity index (χ1v) is 10.1. The quantitative estimate of drug-likeness (QED) is 0.426. The maximum atomic E-state index is 6.14. The van der Waals surface area contributed by atoms with Crippen molar-refractivity contribution in [3.05, 3.63) is 49.2 Å². The van der Waals surface area contributed by atoms with Crippen LogP contribution in [0.4, 0.5) is 5.82 Å². The number of piperidine rings is 1. The molecule has 0 amide bonds. The van der Waals surface area contributed by atoms with Crippen LogP contribution >= 0.6 is 0 Å². The molecule has 0 bridgehead atoms. The summed E-state index contributed by atoms with van der Waals surface area (Å²) in [5.74, 6) is 1.13. The van der Waals surface area contributed by atoms with Crippen molar-refractivity contribution in [3.8, 4) is 22.5 Å². The van der Waals surface area contributed by atoms with Crippen molar-refractivity contribution in [2.24, 2.45) is 0 Å². The van der Waals surface area contributed by atoms with Crippen molar-refractivity contribution >= 4 is 27.8 Å². The summed E-state index contributed by atoms with van der Waals surface area (Å²) in [6.07, 6.45) is 9.67. The molecule has 5 heterocycles. The zero-order valence-corrected chi connectivity index (χ0v) is 16.3. The number of hydrogen-bond acceptors (Lipinski definition) is 6. The third kappa shape index (κ3) is 2.76. The molecular formula is C22H21N7O. The number of aromatic nitrogens is 5. The minimum Gasteiger partial charge on any atom is -0.452 e. The van der Waals surface area contributed by atoms with E-state index in [9.17, 15) is 0 Å². The first-order valence-electron chi connectivity index (χ1n) is 10.1. The Morgan fingerprint density at radius 3 is 2.87 bits per heavy atom. The number of fused-ring (bicyclic) bond motifs is 2. The van der Waals surface area contributed by atoms with Crippen LogP contribution in [-0.4, -0.2) is 37.8 Å². The molecule has 8 nitrogen and oxygen atoms in total. The second kappa shape index (κ2) is 6.70.